The monoisotopic (exact) mass is 234 g/mol. The van der Waals surface area contributed by atoms with Gasteiger partial charge in [-0.3, -0.25) is 0 Å². The largest absolute Gasteiger partial charge is 0.390 e. The first-order valence-corrected chi connectivity index (χ1v) is 5.80. The van der Waals surface area contributed by atoms with Crippen LogP contribution in [-0.4, -0.2) is 34.9 Å². The molecule has 0 aliphatic carbocycles. The quantitative estimate of drug-likeness (QED) is 0.628. The van der Waals surface area contributed by atoms with Gasteiger partial charge in [0.1, 0.15) is 6.10 Å². The summed E-state index contributed by atoms with van der Waals surface area (Å²) in [7, 11) is 1.82. The first-order chi connectivity index (χ1) is 8.24. The van der Waals surface area contributed by atoms with E-state index in [1.54, 1.807) is 0 Å². The van der Waals surface area contributed by atoms with Crippen molar-refractivity contribution in [3.63, 3.8) is 0 Å². The molecule has 4 nitrogen and oxygen atoms in total. The molecule has 0 saturated carbocycles. The minimum Gasteiger partial charge on any atom is -0.390 e. The van der Waals surface area contributed by atoms with Crippen molar-refractivity contribution in [1.82, 2.24) is 10.3 Å². The van der Waals surface area contributed by atoms with Gasteiger partial charge in [-0.1, -0.05) is 18.2 Å². The normalized spacial score (nSPS) is 15.0. The molecule has 2 rings (SSSR count). The van der Waals surface area contributed by atoms with Gasteiger partial charge in [-0.15, -0.1) is 0 Å². The van der Waals surface area contributed by atoms with Crippen LogP contribution >= 0.6 is 0 Å². The molecule has 0 radical (unpaired) electrons. The summed E-state index contributed by atoms with van der Waals surface area (Å²) in [5.74, 6) is 0. The van der Waals surface area contributed by atoms with E-state index in [0.717, 1.165) is 16.5 Å². The number of hydrogen-bond donors (Lipinski definition) is 4. The molecular weight excluding hydrogens is 216 g/mol. The highest BCUT2D eigenvalue weighted by Crippen LogP contribution is 2.26. The molecule has 0 amide bonds. The lowest BCUT2D eigenvalue weighted by Crippen LogP contribution is -2.23. The predicted octanol–water partition coefficient (Wildman–Crippen LogP) is 1.17. The number of benzene rings is 1. The van der Waals surface area contributed by atoms with Crippen LogP contribution in [0.5, 0.6) is 0 Å². The van der Waals surface area contributed by atoms with Gasteiger partial charge in [0.15, 0.2) is 0 Å². The maximum absolute atomic E-state index is 10.1. The number of hydrogen-bond acceptors (Lipinski definition) is 3. The first kappa shape index (κ1) is 12.1. The Balaban J connectivity index is 2.23. The average Bonchev–Trinajstić information content (AvgIpc) is 2.82. The fourth-order valence-electron chi connectivity index (χ4n) is 2.01. The second-order valence-corrected chi connectivity index (χ2v) is 4.19. The Morgan fingerprint density at radius 1 is 1.29 bits per heavy atom. The van der Waals surface area contributed by atoms with E-state index in [-0.39, 0.29) is 0 Å². The van der Waals surface area contributed by atoms with Crippen LogP contribution in [-0.2, 0) is 0 Å². The van der Waals surface area contributed by atoms with Crippen LogP contribution < -0.4 is 5.32 Å². The molecule has 0 fully saturated rings. The fourth-order valence-corrected chi connectivity index (χ4v) is 2.01. The van der Waals surface area contributed by atoms with Crippen molar-refractivity contribution >= 4 is 10.9 Å². The van der Waals surface area contributed by atoms with Gasteiger partial charge in [-0.25, -0.2) is 0 Å². The van der Waals surface area contributed by atoms with Crippen molar-refractivity contribution in [1.29, 1.82) is 0 Å². The maximum Gasteiger partial charge on any atom is 0.107 e. The molecule has 1 heterocycles. The molecule has 2 atom stereocenters. The Labute approximate surface area is 100 Å². The van der Waals surface area contributed by atoms with Crippen molar-refractivity contribution in [2.45, 2.75) is 18.6 Å². The summed E-state index contributed by atoms with van der Waals surface area (Å²) in [6, 6.07) is 7.65. The summed E-state index contributed by atoms with van der Waals surface area (Å²) in [5, 5.41) is 24.0. The first-order valence-electron chi connectivity index (χ1n) is 5.80. The minimum atomic E-state index is -0.856. The molecule has 0 spiro atoms. The Morgan fingerprint density at radius 3 is 2.88 bits per heavy atom. The fraction of sp³-hybridized carbons (Fsp3) is 0.385. The van der Waals surface area contributed by atoms with Crippen LogP contribution in [0, 0.1) is 0 Å². The number of para-hydroxylation sites is 1. The number of aromatic amines is 1. The highest BCUT2D eigenvalue weighted by molar-refractivity contribution is 5.82. The lowest BCUT2D eigenvalue weighted by Gasteiger charge is -2.18. The Kier molecular flexibility index (Phi) is 3.78. The summed E-state index contributed by atoms with van der Waals surface area (Å²) in [6.07, 6.45) is 0.748. The Morgan fingerprint density at radius 2 is 2.12 bits per heavy atom. The van der Waals surface area contributed by atoms with Crippen molar-refractivity contribution in [3.8, 4) is 0 Å². The van der Waals surface area contributed by atoms with E-state index in [4.69, 9.17) is 0 Å². The third-order valence-electron chi connectivity index (χ3n) is 2.99. The average molecular weight is 234 g/mol. The van der Waals surface area contributed by atoms with Gasteiger partial charge in [-0.05, 0) is 31.5 Å². The van der Waals surface area contributed by atoms with Crippen LogP contribution in [0.4, 0.5) is 0 Å². The number of nitrogens with one attached hydrogen (secondary N) is 2. The molecule has 0 aliphatic heterocycles. The predicted molar refractivity (Wildman–Crippen MR) is 67.8 cm³/mol. The smallest absolute Gasteiger partial charge is 0.107 e. The number of aliphatic hydroxyl groups is 2. The van der Waals surface area contributed by atoms with Crippen molar-refractivity contribution in [3.05, 3.63) is 36.0 Å². The van der Waals surface area contributed by atoms with E-state index in [9.17, 15) is 10.2 Å². The van der Waals surface area contributed by atoms with Crippen molar-refractivity contribution in [2.75, 3.05) is 13.6 Å². The highest BCUT2D eigenvalue weighted by atomic mass is 16.3. The summed E-state index contributed by atoms with van der Waals surface area (Å²) >= 11 is 0. The van der Waals surface area contributed by atoms with E-state index >= 15 is 0 Å². The zero-order valence-corrected chi connectivity index (χ0v) is 9.85. The van der Waals surface area contributed by atoms with E-state index < -0.39 is 12.2 Å². The van der Waals surface area contributed by atoms with Crippen LogP contribution in [0.2, 0.25) is 0 Å². The van der Waals surface area contributed by atoms with E-state index in [1.165, 1.54) is 0 Å². The Bertz CT molecular complexity index is 481. The Hall–Kier alpha value is -1.36. The van der Waals surface area contributed by atoms with Crippen LogP contribution in [0.15, 0.2) is 30.5 Å². The lowest BCUT2D eigenvalue weighted by molar-refractivity contribution is 0.0148. The molecule has 1 aromatic heterocycles. The second kappa shape index (κ2) is 5.31. The van der Waals surface area contributed by atoms with Gasteiger partial charge in [0.2, 0.25) is 0 Å². The number of rotatable bonds is 5. The summed E-state index contributed by atoms with van der Waals surface area (Å²) in [4.78, 5) is 3.09. The highest BCUT2D eigenvalue weighted by Gasteiger charge is 2.20. The van der Waals surface area contributed by atoms with E-state index in [0.29, 0.717) is 13.0 Å². The molecule has 0 saturated heterocycles. The number of aliphatic hydroxyl groups excluding tert-OH is 2. The number of aromatic nitrogens is 1. The molecular formula is C13H18N2O2. The van der Waals surface area contributed by atoms with Gasteiger partial charge in [-0.2, -0.15) is 0 Å². The van der Waals surface area contributed by atoms with Crippen molar-refractivity contribution in [2.24, 2.45) is 0 Å². The van der Waals surface area contributed by atoms with Gasteiger partial charge in [0, 0.05) is 11.8 Å². The van der Waals surface area contributed by atoms with Gasteiger partial charge >= 0.3 is 0 Å². The van der Waals surface area contributed by atoms with Gasteiger partial charge in [0.05, 0.1) is 11.6 Å². The summed E-state index contributed by atoms with van der Waals surface area (Å²) < 4.78 is 0. The van der Waals surface area contributed by atoms with Crippen LogP contribution in [0.25, 0.3) is 10.9 Å². The second-order valence-electron chi connectivity index (χ2n) is 4.19. The lowest BCUT2D eigenvalue weighted by atomic mass is 10.00. The molecule has 0 aliphatic rings. The SMILES string of the molecule is CNCCC(O)C(O)c1cccc2cc[nH]c12. The number of fused-ring (bicyclic) bond motifs is 1. The van der Waals surface area contributed by atoms with Gasteiger partial charge in [0.25, 0.3) is 0 Å². The third-order valence-corrected chi connectivity index (χ3v) is 2.99. The summed E-state index contributed by atoms with van der Waals surface area (Å²) in [5.41, 5.74) is 1.64. The van der Waals surface area contributed by atoms with E-state index in [2.05, 4.69) is 10.3 Å². The number of H-pyrrole nitrogens is 1. The molecule has 1 aromatic carbocycles. The minimum absolute atomic E-state index is 0.523. The van der Waals surface area contributed by atoms with E-state index in [1.807, 2.05) is 37.5 Å². The summed E-state index contributed by atoms with van der Waals surface area (Å²) in [6.45, 7) is 0.679. The molecule has 4 heteroatoms. The molecule has 2 aromatic rings. The van der Waals surface area contributed by atoms with Gasteiger partial charge < -0.3 is 20.5 Å². The maximum atomic E-state index is 10.1. The zero-order valence-electron chi connectivity index (χ0n) is 9.85. The van der Waals surface area contributed by atoms with Crippen LogP contribution in [0.3, 0.4) is 0 Å². The zero-order chi connectivity index (χ0) is 12.3. The molecule has 92 valence electrons. The van der Waals surface area contributed by atoms with Crippen LogP contribution in [0.1, 0.15) is 18.1 Å². The molecule has 0 bridgehead atoms. The molecule has 4 N–H and O–H groups in total. The topological polar surface area (TPSA) is 68.3 Å². The molecule has 2 unspecified atom stereocenters. The van der Waals surface area contributed by atoms with Crippen molar-refractivity contribution < 1.29 is 10.2 Å². The third kappa shape index (κ3) is 2.49. The standard InChI is InChI=1S/C13H18N2O2/c1-14-7-6-11(16)13(17)10-4-2-3-9-5-8-15-12(9)10/h2-5,8,11,13-17H,6-7H2,1H3. The molecule has 17 heavy (non-hydrogen) atoms.